The van der Waals surface area contributed by atoms with Crippen LogP contribution in [-0.2, 0) is 0 Å². The van der Waals surface area contributed by atoms with Crippen molar-refractivity contribution in [2.75, 3.05) is 57.1 Å². The number of rotatable bonds is 10. The Kier molecular flexibility index (Phi) is 8.27. The Labute approximate surface area is 170 Å². The van der Waals surface area contributed by atoms with Crippen LogP contribution in [0.25, 0.3) is 6.08 Å². The molecule has 28 heavy (non-hydrogen) atoms. The largest absolute Gasteiger partial charge is 0.373 e. The summed E-state index contributed by atoms with van der Waals surface area (Å²) in [6.07, 6.45) is 3.53. The van der Waals surface area contributed by atoms with Crippen molar-refractivity contribution in [2.24, 2.45) is 0 Å². The lowest BCUT2D eigenvalue weighted by Gasteiger charge is -2.21. The maximum absolute atomic E-state index is 12.5. The van der Waals surface area contributed by atoms with Crippen molar-refractivity contribution in [3.05, 3.63) is 65.7 Å². The van der Waals surface area contributed by atoms with Gasteiger partial charge in [-0.15, -0.1) is 0 Å². The molecule has 0 atom stereocenters. The van der Waals surface area contributed by atoms with Gasteiger partial charge >= 0.3 is 0 Å². The van der Waals surface area contributed by atoms with Crippen molar-refractivity contribution in [1.82, 2.24) is 4.90 Å². The van der Waals surface area contributed by atoms with Crippen LogP contribution < -0.4 is 9.80 Å². The zero-order valence-corrected chi connectivity index (χ0v) is 17.9. The highest BCUT2D eigenvalue weighted by atomic mass is 16.1. The predicted octanol–water partition coefficient (Wildman–Crippen LogP) is 4.43. The molecule has 0 fully saturated rings. The maximum Gasteiger partial charge on any atom is 0.185 e. The second-order valence-corrected chi connectivity index (χ2v) is 7.23. The van der Waals surface area contributed by atoms with E-state index in [-0.39, 0.29) is 5.78 Å². The summed E-state index contributed by atoms with van der Waals surface area (Å²) in [5, 5.41) is 0. The number of likely N-dealkylation sites (N-methyl/N-ethyl adjacent to an activating group) is 2. The number of ketones is 1. The molecule has 4 heteroatoms. The second-order valence-electron chi connectivity index (χ2n) is 7.23. The molecule has 0 N–H and O–H groups in total. The van der Waals surface area contributed by atoms with Gasteiger partial charge in [-0.2, -0.15) is 0 Å². The average Bonchev–Trinajstić information content (AvgIpc) is 2.72. The molecule has 0 unspecified atom stereocenters. The molecule has 2 aromatic carbocycles. The summed E-state index contributed by atoms with van der Waals surface area (Å²) in [6.45, 7) is 8.23. The number of carbonyl (C=O) groups excluding carboxylic acids is 1. The minimum absolute atomic E-state index is 0.0234. The van der Waals surface area contributed by atoms with E-state index in [9.17, 15) is 4.79 Å². The van der Waals surface area contributed by atoms with E-state index < -0.39 is 0 Å². The molecule has 0 radical (unpaired) electrons. The summed E-state index contributed by atoms with van der Waals surface area (Å²) in [5.41, 5.74) is 4.07. The zero-order chi connectivity index (χ0) is 20.5. The first-order valence-corrected chi connectivity index (χ1v) is 9.98. The quantitative estimate of drug-likeness (QED) is 0.451. The molecular weight excluding hydrogens is 346 g/mol. The molecule has 0 saturated carbocycles. The summed E-state index contributed by atoms with van der Waals surface area (Å²) >= 11 is 0. The summed E-state index contributed by atoms with van der Waals surface area (Å²) in [4.78, 5) is 19.1. The highest BCUT2D eigenvalue weighted by molar-refractivity contribution is 6.07. The number of nitrogens with zero attached hydrogens (tertiary/aromatic N) is 3. The topological polar surface area (TPSA) is 26.8 Å². The van der Waals surface area contributed by atoms with Crippen LogP contribution in [0.5, 0.6) is 0 Å². The molecule has 0 spiro atoms. The van der Waals surface area contributed by atoms with Gasteiger partial charge in [0.2, 0.25) is 0 Å². The average molecular weight is 380 g/mol. The van der Waals surface area contributed by atoms with Gasteiger partial charge in [-0.1, -0.05) is 18.2 Å². The van der Waals surface area contributed by atoms with Gasteiger partial charge in [0.15, 0.2) is 5.78 Å². The standard InChI is InChI=1S/C24H33N3O/c1-6-27(7-2)23-13-8-20(9-14-23)10-17-24(28)21-11-15-22(16-12-21)26(5)19-18-25(3)4/h8-17H,6-7,18-19H2,1-5H3. The van der Waals surface area contributed by atoms with E-state index in [1.165, 1.54) is 5.69 Å². The number of anilines is 2. The van der Waals surface area contributed by atoms with E-state index in [0.29, 0.717) is 5.56 Å². The van der Waals surface area contributed by atoms with Gasteiger partial charge in [0.05, 0.1) is 0 Å². The third kappa shape index (κ3) is 6.24. The van der Waals surface area contributed by atoms with Gasteiger partial charge in [0, 0.05) is 50.2 Å². The Balaban J connectivity index is 1.98. The Morgan fingerprint density at radius 2 is 1.39 bits per heavy atom. The number of carbonyl (C=O) groups is 1. The van der Waals surface area contributed by atoms with Crippen molar-refractivity contribution in [1.29, 1.82) is 0 Å². The van der Waals surface area contributed by atoms with Crippen LogP contribution in [0.4, 0.5) is 11.4 Å². The molecule has 0 saturated heterocycles. The Morgan fingerprint density at radius 3 is 1.93 bits per heavy atom. The molecule has 0 bridgehead atoms. The molecule has 0 amide bonds. The normalized spacial score (nSPS) is 11.2. The van der Waals surface area contributed by atoms with E-state index in [4.69, 9.17) is 0 Å². The maximum atomic E-state index is 12.5. The molecule has 2 aromatic rings. The van der Waals surface area contributed by atoms with Crippen LogP contribution in [-0.4, -0.2) is 58.0 Å². The SMILES string of the molecule is CCN(CC)c1ccc(C=CC(=O)c2ccc(N(C)CCN(C)C)cc2)cc1. The van der Waals surface area contributed by atoms with E-state index >= 15 is 0 Å². The van der Waals surface area contributed by atoms with Crippen LogP contribution in [0.3, 0.4) is 0 Å². The van der Waals surface area contributed by atoms with E-state index in [0.717, 1.165) is 37.4 Å². The summed E-state index contributed by atoms with van der Waals surface area (Å²) in [5.74, 6) is 0.0234. The number of allylic oxidation sites excluding steroid dienone is 1. The van der Waals surface area contributed by atoms with Crippen LogP contribution in [0, 0.1) is 0 Å². The van der Waals surface area contributed by atoms with Crippen LogP contribution >= 0.6 is 0 Å². The first-order valence-electron chi connectivity index (χ1n) is 9.98. The van der Waals surface area contributed by atoms with E-state index in [2.05, 4.69) is 74.0 Å². The molecule has 4 nitrogen and oxygen atoms in total. The summed E-state index contributed by atoms with van der Waals surface area (Å²) in [6, 6.07) is 16.1. The van der Waals surface area contributed by atoms with Gasteiger partial charge in [-0.3, -0.25) is 4.79 Å². The molecule has 0 aliphatic carbocycles. The molecule has 2 rings (SSSR count). The molecule has 0 aliphatic rings. The molecule has 0 aromatic heterocycles. The lowest BCUT2D eigenvalue weighted by atomic mass is 10.1. The Bertz CT molecular complexity index is 759. The Hall–Kier alpha value is -2.59. The van der Waals surface area contributed by atoms with Crippen molar-refractivity contribution in [3.8, 4) is 0 Å². The molecule has 0 aliphatic heterocycles. The van der Waals surface area contributed by atoms with Crippen LogP contribution in [0.15, 0.2) is 54.6 Å². The fourth-order valence-electron chi connectivity index (χ4n) is 3.01. The highest BCUT2D eigenvalue weighted by Gasteiger charge is 2.05. The van der Waals surface area contributed by atoms with Crippen molar-refractivity contribution >= 4 is 23.2 Å². The molecular formula is C24H33N3O. The molecule has 150 valence electrons. The van der Waals surface area contributed by atoms with Gasteiger partial charge in [-0.25, -0.2) is 0 Å². The zero-order valence-electron chi connectivity index (χ0n) is 17.9. The highest BCUT2D eigenvalue weighted by Crippen LogP contribution is 2.17. The Morgan fingerprint density at radius 1 is 0.821 bits per heavy atom. The summed E-state index contributed by atoms with van der Waals surface area (Å²) in [7, 11) is 6.21. The first-order chi connectivity index (χ1) is 13.4. The van der Waals surface area contributed by atoms with Gasteiger partial charge < -0.3 is 14.7 Å². The minimum atomic E-state index is 0.0234. The number of benzene rings is 2. The summed E-state index contributed by atoms with van der Waals surface area (Å²) < 4.78 is 0. The smallest absolute Gasteiger partial charge is 0.185 e. The lowest BCUT2D eigenvalue weighted by molar-refractivity contribution is 0.104. The second kappa shape index (κ2) is 10.7. The predicted molar refractivity (Wildman–Crippen MR) is 122 cm³/mol. The van der Waals surface area contributed by atoms with Crippen molar-refractivity contribution in [3.63, 3.8) is 0 Å². The van der Waals surface area contributed by atoms with E-state index in [1.54, 1.807) is 6.08 Å². The van der Waals surface area contributed by atoms with Crippen LogP contribution in [0.2, 0.25) is 0 Å². The monoisotopic (exact) mass is 379 g/mol. The minimum Gasteiger partial charge on any atom is -0.373 e. The van der Waals surface area contributed by atoms with Crippen molar-refractivity contribution in [2.45, 2.75) is 13.8 Å². The third-order valence-corrected chi connectivity index (χ3v) is 4.92. The van der Waals surface area contributed by atoms with Gasteiger partial charge in [-0.05, 0) is 76.0 Å². The third-order valence-electron chi connectivity index (χ3n) is 4.92. The van der Waals surface area contributed by atoms with Gasteiger partial charge in [0.1, 0.15) is 0 Å². The number of hydrogen-bond acceptors (Lipinski definition) is 4. The van der Waals surface area contributed by atoms with Crippen LogP contribution in [0.1, 0.15) is 29.8 Å². The fraction of sp³-hybridized carbons (Fsp3) is 0.375. The lowest BCUT2D eigenvalue weighted by Crippen LogP contribution is -2.28. The van der Waals surface area contributed by atoms with Crippen molar-refractivity contribution < 1.29 is 4.79 Å². The fourth-order valence-corrected chi connectivity index (χ4v) is 3.01. The first kappa shape index (κ1) is 21.7. The molecule has 0 heterocycles. The number of hydrogen-bond donors (Lipinski definition) is 0. The van der Waals surface area contributed by atoms with E-state index in [1.807, 2.05) is 30.3 Å². The van der Waals surface area contributed by atoms with Gasteiger partial charge in [0.25, 0.3) is 0 Å².